The van der Waals surface area contributed by atoms with Gasteiger partial charge in [-0.05, 0) is 57.0 Å². The summed E-state index contributed by atoms with van der Waals surface area (Å²) in [5.74, 6) is -0.246. The van der Waals surface area contributed by atoms with E-state index < -0.39 is 100 Å². The highest BCUT2D eigenvalue weighted by Crippen LogP contribution is 2.39. The molecule has 0 aromatic heterocycles. The number of hydrogen-bond acceptors (Lipinski definition) is 16. The topological polar surface area (TPSA) is 179 Å². The maximum Gasteiger partial charge on any atom is 0.220 e. The molecule has 1 amide bonds. The minimum atomic E-state index is -1.66. The minimum Gasteiger partial charge on any atom is -0.388 e. The number of carbonyl (C=O) groups is 1. The Morgan fingerprint density at radius 1 is 0.349 bits per heavy atom. The lowest BCUT2D eigenvalue weighted by atomic mass is 9.94. The first kappa shape index (κ1) is 82.8. The smallest absolute Gasteiger partial charge is 0.220 e. The molecule has 11 rings (SSSR count). The quantitative estimate of drug-likeness (QED) is 0.0272. The van der Waals surface area contributed by atoms with Gasteiger partial charge < -0.3 is 76.7 Å². The molecule has 0 saturated carbocycles. The number of ether oxygens (including phenoxy) is 14. The van der Waals surface area contributed by atoms with Crippen molar-refractivity contribution in [3.8, 4) is 0 Å². The summed E-state index contributed by atoms with van der Waals surface area (Å²) in [6.07, 6.45) is -5.52. The van der Waals surface area contributed by atoms with Gasteiger partial charge in [0.1, 0.15) is 73.2 Å². The summed E-state index contributed by atoms with van der Waals surface area (Å²) in [6, 6.07) is 79.2. The number of carbonyl (C=O) groups excluding carboxylic acids is 1. The maximum atomic E-state index is 15.0. The van der Waals surface area contributed by atoms with Crippen molar-refractivity contribution < 1.29 is 76.2 Å². The summed E-state index contributed by atoms with van der Waals surface area (Å²) < 4.78 is 101. The van der Waals surface area contributed by atoms with Crippen LogP contribution in [0.15, 0.2) is 243 Å². The lowest BCUT2D eigenvalue weighted by Crippen LogP contribution is -2.69. The molecule has 17 nitrogen and oxygen atoms in total. The van der Waals surface area contributed by atoms with E-state index in [0.29, 0.717) is 13.0 Å². The van der Waals surface area contributed by atoms with Crippen LogP contribution < -0.4 is 5.32 Å². The number of aliphatic hydroxyl groups is 1. The molecule has 0 radical (unpaired) electrons. The number of benzene rings is 8. The van der Waals surface area contributed by atoms with E-state index in [9.17, 15) is 9.90 Å². The van der Waals surface area contributed by atoms with E-state index in [1.54, 1.807) is 0 Å². The molecule has 584 valence electrons. The Morgan fingerprint density at radius 3 is 1.08 bits per heavy atom. The van der Waals surface area contributed by atoms with Gasteiger partial charge in [0.05, 0.1) is 72.7 Å². The average molecular weight is 1510 g/mol. The molecule has 0 unspecified atom stereocenters. The average Bonchev–Trinajstić information content (AvgIpc) is 0.762. The molecule has 0 aliphatic carbocycles. The molecule has 3 fully saturated rings. The van der Waals surface area contributed by atoms with Crippen molar-refractivity contribution in [2.45, 2.75) is 242 Å². The molecule has 15 atom stereocenters. The molecule has 0 spiro atoms. The van der Waals surface area contributed by atoms with Crippen molar-refractivity contribution in [2.75, 3.05) is 26.4 Å². The highest BCUT2D eigenvalue weighted by molar-refractivity contribution is 6.76. The Balaban J connectivity index is 1.04. The van der Waals surface area contributed by atoms with Gasteiger partial charge in [-0.2, -0.15) is 0 Å². The molecule has 2 N–H and O–H groups in total. The number of rotatable bonds is 46. The summed E-state index contributed by atoms with van der Waals surface area (Å²) in [5.41, 5.74) is 7.31. The van der Waals surface area contributed by atoms with Crippen molar-refractivity contribution in [2.24, 2.45) is 0 Å². The fourth-order valence-electron chi connectivity index (χ4n) is 13.9. The van der Waals surface area contributed by atoms with Crippen molar-refractivity contribution in [1.29, 1.82) is 0 Å². The zero-order valence-electron chi connectivity index (χ0n) is 64.1. The van der Waals surface area contributed by atoms with Crippen LogP contribution in [-0.2, 0) is 124 Å². The third-order valence-electron chi connectivity index (χ3n) is 20.0. The third-order valence-corrected chi connectivity index (χ3v) is 21.7. The van der Waals surface area contributed by atoms with Crippen LogP contribution in [0.1, 0.15) is 116 Å². The van der Waals surface area contributed by atoms with E-state index in [4.69, 9.17) is 66.3 Å². The second kappa shape index (κ2) is 45.4. The zero-order chi connectivity index (χ0) is 75.5. The van der Waals surface area contributed by atoms with E-state index in [2.05, 4.69) is 31.9 Å². The van der Waals surface area contributed by atoms with Crippen LogP contribution in [0.4, 0.5) is 0 Å². The number of aliphatic hydroxyl groups excluding tert-OH is 1. The maximum absolute atomic E-state index is 15.0. The Kier molecular flexibility index (Phi) is 34.5. The van der Waals surface area contributed by atoms with Crippen molar-refractivity contribution in [3.63, 3.8) is 0 Å². The van der Waals surface area contributed by atoms with E-state index >= 15 is 0 Å². The first-order valence-electron chi connectivity index (χ1n) is 39.5. The Bertz CT molecular complexity index is 3730. The van der Waals surface area contributed by atoms with Crippen LogP contribution in [-0.4, -0.2) is 138 Å². The molecular weight excluding hydrogens is 1390 g/mol. The molecule has 8 aromatic carbocycles. The fourth-order valence-corrected chi connectivity index (χ4v) is 14.7. The van der Waals surface area contributed by atoms with E-state index in [1.165, 1.54) is 32.1 Å². The highest BCUT2D eigenvalue weighted by Gasteiger charge is 2.57. The Hall–Kier alpha value is -7.15. The molecule has 109 heavy (non-hydrogen) atoms. The monoisotopic (exact) mass is 1510 g/mol. The Labute approximate surface area is 647 Å². The van der Waals surface area contributed by atoms with E-state index in [1.807, 2.05) is 243 Å². The van der Waals surface area contributed by atoms with Crippen molar-refractivity contribution in [1.82, 2.24) is 5.32 Å². The van der Waals surface area contributed by atoms with Gasteiger partial charge in [-0.25, -0.2) is 0 Å². The lowest BCUT2D eigenvalue weighted by Gasteiger charge is -2.52. The van der Waals surface area contributed by atoms with Crippen LogP contribution in [0.2, 0.25) is 25.7 Å². The third kappa shape index (κ3) is 27.3. The van der Waals surface area contributed by atoms with Crippen molar-refractivity contribution >= 4 is 14.0 Å². The predicted octanol–water partition coefficient (Wildman–Crippen LogP) is 16.6. The second-order valence-electron chi connectivity index (χ2n) is 30.0. The Morgan fingerprint density at radius 2 is 0.670 bits per heavy atom. The van der Waals surface area contributed by atoms with Crippen LogP contribution in [0.3, 0.4) is 0 Å². The first-order valence-corrected chi connectivity index (χ1v) is 43.2. The summed E-state index contributed by atoms with van der Waals surface area (Å²) in [4.78, 5) is 15.0. The van der Waals surface area contributed by atoms with Crippen molar-refractivity contribution in [3.05, 3.63) is 287 Å². The van der Waals surface area contributed by atoms with Gasteiger partial charge in [0.2, 0.25) is 5.91 Å². The second-order valence-corrected chi connectivity index (χ2v) is 35.6. The highest BCUT2D eigenvalue weighted by atomic mass is 28.3. The SMILES string of the molecule is CCCCCCCCCCCC(=O)N[C@H]1[C@H](O[C@H]2[C@@H](OCc3ccccc3)[C@@H](COCc3ccccc3)O[C@@H](O[C@H]3[C@H](OCc4ccccc4)[C@@H](OCc4ccccc4)[C@H](OCC[Si](C)(C)C)O[C@@H]3COCc3ccccc3)[C@@H]2OCc2ccccc2)O[C@H](COCc2ccccc2)[C@@H](O)[C@@H]1OCc1ccccc1. The first-order chi connectivity index (χ1) is 53.5. The largest absolute Gasteiger partial charge is 0.388 e. The summed E-state index contributed by atoms with van der Waals surface area (Å²) >= 11 is 0. The van der Waals surface area contributed by atoms with Gasteiger partial charge >= 0.3 is 0 Å². The minimum absolute atomic E-state index is 0.0232. The van der Waals surface area contributed by atoms with Gasteiger partial charge in [0.25, 0.3) is 0 Å². The summed E-state index contributed by atoms with van der Waals surface area (Å²) in [6.45, 7) is 10.8. The van der Waals surface area contributed by atoms with Crippen LogP contribution in [0.25, 0.3) is 0 Å². The van der Waals surface area contributed by atoms with Gasteiger partial charge in [-0.15, -0.1) is 0 Å². The molecular formula is C91H115NO16Si. The van der Waals surface area contributed by atoms with E-state index in [-0.39, 0.29) is 85.0 Å². The number of nitrogens with one attached hydrogen (secondary N) is 1. The van der Waals surface area contributed by atoms with Crippen LogP contribution in [0.5, 0.6) is 0 Å². The van der Waals surface area contributed by atoms with E-state index in [0.717, 1.165) is 69.8 Å². The van der Waals surface area contributed by atoms with Gasteiger partial charge in [0.15, 0.2) is 18.9 Å². The molecule has 18 heteroatoms. The molecule has 3 saturated heterocycles. The molecule has 3 aliphatic heterocycles. The standard InChI is InChI=1S/C91H115NO16Si/c1-5-6-7-8-9-10-11-12-37-54-79(93)92-80-84(100-61-72-46-29-17-30-47-72)81(94)76(65-95-57-68-38-21-13-22-39-68)104-89(80)108-86-82(99-60-71-44-27-16-28-45-71)77(66-96-58-69-40-23-14-24-41-69)106-91(88(86)103-64-75-52-35-20-36-53-75)107-83-78(67-97-59-70-42-25-15-26-43-70)105-90(98-55-56-109(2,3)4)87(102-63-74-50-33-19-34-51-74)85(83)101-62-73-48-31-18-32-49-73/h13-36,38-53,76-78,80-91,94H,5-12,37,54-67H2,1-4H3,(H,92,93)/t76-,77-,78-,80-,81-,82+,83-,84-,85+,86+,87-,88-,89+,90-,91+/m1/s1. The lowest BCUT2D eigenvalue weighted by molar-refractivity contribution is -0.389. The fraction of sp³-hybridized carbons (Fsp3) is 0.462. The van der Waals surface area contributed by atoms with Crippen LogP contribution in [0, 0.1) is 0 Å². The molecule has 3 heterocycles. The normalized spacial score (nSPS) is 24.4. The van der Waals surface area contributed by atoms with Gasteiger partial charge in [-0.3, -0.25) is 4.79 Å². The molecule has 0 bridgehead atoms. The predicted molar refractivity (Wildman–Crippen MR) is 423 cm³/mol. The van der Waals surface area contributed by atoms with Gasteiger partial charge in [-0.1, -0.05) is 321 Å². The van der Waals surface area contributed by atoms with Gasteiger partial charge in [0, 0.05) is 21.1 Å². The number of amides is 1. The number of unbranched alkanes of at least 4 members (excludes halogenated alkanes) is 8. The molecule has 3 aliphatic rings. The molecule has 8 aromatic rings. The summed E-state index contributed by atoms with van der Waals surface area (Å²) in [7, 11) is -1.66. The number of hydrogen-bond donors (Lipinski definition) is 2. The summed E-state index contributed by atoms with van der Waals surface area (Å²) in [5, 5.41) is 16.3. The van der Waals surface area contributed by atoms with Crippen LogP contribution >= 0.6 is 0 Å². The zero-order valence-corrected chi connectivity index (χ0v) is 65.1.